The van der Waals surface area contributed by atoms with Gasteiger partial charge >= 0.3 is 0 Å². The van der Waals surface area contributed by atoms with E-state index in [0.717, 1.165) is 25.3 Å². The van der Waals surface area contributed by atoms with Gasteiger partial charge in [0.05, 0.1) is 12.8 Å². The van der Waals surface area contributed by atoms with E-state index < -0.39 is 0 Å². The van der Waals surface area contributed by atoms with Crippen molar-refractivity contribution in [1.82, 2.24) is 15.3 Å². The first-order valence-electron chi connectivity index (χ1n) is 5.64. The molecule has 0 spiro atoms. The van der Waals surface area contributed by atoms with Crippen LogP contribution in [0, 0.1) is 5.92 Å². The van der Waals surface area contributed by atoms with Crippen LogP contribution in [0.2, 0.25) is 5.02 Å². The molecule has 1 aromatic rings. The number of aromatic nitrogens is 2. The van der Waals surface area contributed by atoms with Crippen LogP contribution in [-0.4, -0.2) is 29.7 Å². The van der Waals surface area contributed by atoms with Gasteiger partial charge in [0.2, 0.25) is 5.88 Å². The van der Waals surface area contributed by atoms with Crippen molar-refractivity contribution in [3.8, 4) is 5.88 Å². The van der Waals surface area contributed by atoms with Crippen LogP contribution in [0.15, 0.2) is 6.20 Å². The Morgan fingerprint density at radius 2 is 2.50 bits per heavy atom. The van der Waals surface area contributed by atoms with E-state index in [1.807, 2.05) is 6.92 Å². The number of rotatable bonds is 4. The second-order valence-corrected chi connectivity index (χ2v) is 4.34. The first-order chi connectivity index (χ1) is 7.79. The molecule has 0 unspecified atom stereocenters. The SMILES string of the molecule is CCOc1nc(C[C@@H]2CCNC2)ncc1Cl. The molecule has 1 aliphatic heterocycles. The summed E-state index contributed by atoms with van der Waals surface area (Å²) in [7, 11) is 0. The highest BCUT2D eigenvalue weighted by Gasteiger charge is 2.17. The Balaban J connectivity index is 2.05. The zero-order valence-electron chi connectivity index (χ0n) is 9.37. The fourth-order valence-electron chi connectivity index (χ4n) is 1.87. The molecule has 0 radical (unpaired) electrons. The van der Waals surface area contributed by atoms with Crippen LogP contribution in [-0.2, 0) is 6.42 Å². The molecule has 1 aliphatic rings. The molecule has 1 saturated heterocycles. The van der Waals surface area contributed by atoms with Gasteiger partial charge in [-0.1, -0.05) is 11.6 Å². The molecule has 1 aromatic heterocycles. The second kappa shape index (κ2) is 5.46. The zero-order valence-corrected chi connectivity index (χ0v) is 10.1. The average molecular weight is 242 g/mol. The number of hydrogen-bond donors (Lipinski definition) is 1. The van der Waals surface area contributed by atoms with E-state index >= 15 is 0 Å². The highest BCUT2D eigenvalue weighted by Crippen LogP contribution is 2.22. The minimum Gasteiger partial charge on any atom is -0.477 e. The Morgan fingerprint density at radius 1 is 1.62 bits per heavy atom. The normalized spacial score (nSPS) is 20.0. The molecule has 0 bridgehead atoms. The molecule has 1 N–H and O–H groups in total. The maximum Gasteiger partial charge on any atom is 0.235 e. The smallest absolute Gasteiger partial charge is 0.235 e. The van der Waals surface area contributed by atoms with Crippen molar-refractivity contribution in [2.45, 2.75) is 19.8 Å². The summed E-state index contributed by atoms with van der Waals surface area (Å²) < 4.78 is 5.34. The Bertz CT molecular complexity index is 353. The van der Waals surface area contributed by atoms with E-state index in [1.165, 1.54) is 6.42 Å². The number of nitrogens with zero attached hydrogens (tertiary/aromatic N) is 2. The minimum absolute atomic E-state index is 0.482. The Kier molecular flexibility index (Phi) is 3.96. The predicted molar refractivity (Wildman–Crippen MR) is 62.9 cm³/mol. The van der Waals surface area contributed by atoms with Crippen LogP contribution in [0.5, 0.6) is 5.88 Å². The molecule has 1 atom stereocenters. The average Bonchev–Trinajstić information content (AvgIpc) is 2.76. The summed E-state index contributed by atoms with van der Waals surface area (Å²) in [6.07, 6.45) is 3.71. The maximum atomic E-state index is 5.93. The molecule has 4 nitrogen and oxygen atoms in total. The van der Waals surface area contributed by atoms with Crippen LogP contribution in [0.3, 0.4) is 0 Å². The van der Waals surface area contributed by atoms with Gasteiger partial charge in [-0.2, -0.15) is 4.98 Å². The van der Waals surface area contributed by atoms with Gasteiger partial charge in [-0.25, -0.2) is 4.98 Å². The van der Waals surface area contributed by atoms with Crippen molar-refractivity contribution in [3.05, 3.63) is 17.0 Å². The molecule has 1 fully saturated rings. The molecule has 16 heavy (non-hydrogen) atoms. The predicted octanol–water partition coefficient (Wildman–Crippen LogP) is 1.68. The minimum atomic E-state index is 0.482. The number of ether oxygens (including phenoxy) is 1. The fraction of sp³-hybridized carbons (Fsp3) is 0.636. The van der Waals surface area contributed by atoms with Crippen LogP contribution in [0.1, 0.15) is 19.2 Å². The molecule has 0 saturated carbocycles. The van der Waals surface area contributed by atoms with Crippen LogP contribution < -0.4 is 10.1 Å². The maximum absolute atomic E-state index is 5.93. The van der Waals surface area contributed by atoms with Gasteiger partial charge in [-0.15, -0.1) is 0 Å². The third kappa shape index (κ3) is 2.83. The molecule has 0 aromatic carbocycles. The second-order valence-electron chi connectivity index (χ2n) is 3.94. The summed E-state index contributed by atoms with van der Waals surface area (Å²) in [4.78, 5) is 8.57. The molecular weight excluding hydrogens is 226 g/mol. The van der Waals surface area contributed by atoms with Gasteiger partial charge in [0.25, 0.3) is 0 Å². The molecule has 0 aliphatic carbocycles. The monoisotopic (exact) mass is 241 g/mol. The molecule has 0 amide bonds. The highest BCUT2D eigenvalue weighted by molar-refractivity contribution is 6.31. The first-order valence-corrected chi connectivity index (χ1v) is 6.02. The lowest BCUT2D eigenvalue weighted by Gasteiger charge is -2.09. The van der Waals surface area contributed by atoms with Crippen molar-refractivity contribution in [2.75, 3.05) is 19.7 Å². The van der Waals surface area contributed by atoms with E-state index in [0.29, 0.717) is 23.4 Å². The lowest BCUT2D eigenvalue weighted by Crippen LogP contribution is -2.12. The van der Waals surface area contributed by atoms with Gasteiger partial charge in [-0.05, 0) is 32.4 Å². The lowest BCUT2D eigenvalue weighted by molar-refractivity contribution is 0.324. The lowest BCUT2D eigenvalue weighted by atomic mass is 10.0. The molecule has 5 heteroatoms. The quantitative estimate of drug-likeness (QED) is 0.872. The van der Waals surface area contributed by atoms with Gasteiger partial charge < -0.3 is 10.1 Å². The van der Waals surface area contributed by atoms with Crippen LogP contribution >= 0.6 is 11.6 Å². The Labute approximate surface area is 100 Å². The first kappa shape index (κ1) is 11.6. The summed E-state index contributed by atoms with van der Waals surface area (Å²) in [5.41, 5.74) is 0. The number of nitrogens with one attached hydrogen (secondary N) is 1. The topological polar surface area (TPSA) is 47.0 Å². The molecule has 88 valence electrons. The Morgan fingerprint density at radius 3 is 3.19 bits per heavy atom. The van der Waals surface area contributed by atoms with E-state index in [1.54, 1.807) is 6.20 Å². The molecule has 2 heterocycles. The number of halogens is 1. The third-order valence-electron chi connectivity index (χ3n) is 2.68. The summed E-state index contributed by atoms with van der Waals surface area (Å²) in [6.45, 7) is 4.63. The summed E-state index contributed by atoms with van der Waals surface area (Å²) in [5.74, 6) is 1.96. The molecule has 2 rings (SSSR count). The van der Waals surface area contributed by atoms with Gasteiger partial charge in [0, 0.05) is 6.42 Å². The van der Waals surface area contributed by atoms with Crippen molar-refractivity contribution in [3.63, 3.8) is 0 Å². The van der Waals surface area contributed by atoms with Crippen molar-refractivity contribution >= 4 is 11.6 Å². The van der Waals surface area contributed by atoms with Gasteiger partial charge in [0.15, 0.2) is 0 Å². The van der Waals surface area contributed by atoms with E-state index in [4.69, 9.17) is 16.3 Å². The summed E-state index contributed by atoms with van der Waals surface area (Å²) in [5, 5.41) is 3.81. The zero-order chi connectivity index (χ0) is 11.4. The Hall–Kier alpha value is -0.870. The van der Waals surface area contributed by atoms with E-state index in [9.17, 15) is 0 Å². The third-order valence-corrected chi connectivity index (χ3v) is 2.94. The largest absolute Gasteiger partial charge is 0.477 e. The summed E-state index contributed by atoms with van der Waals surface area (Å²) in [6, 6.07) is 0. The molecular formula is C11H16ClN3O. The van der Waals surface area contributed by atoms with Crippen molar-refractivity contribution in [2.24, 2.45) is 5.92 Å². The van der Waals surface area contributed by atoms with E-state index in [-0.39, 0.29) is 0 Å². The standard InChI is InChI=1S/C11H16ClN3O/c1-2-16-11-9(12)7-14-10(15-11)5-8-3-4-13-6-8/h7-8,13H,2-6H2,1H3/t8-/m0/s1. The van der Waals surface area contributed by atoms with Crippen LogP contribution in [0.4, 0.5) is 0 Å². The van der Waals surface area contributed by atoms with Gasteiger partial charge in [-0.3, -0.25) is 0 Å². The van der Waals surface area contributed by atoms with Crippen LogP contribution in [0.25, 0.3) is 0 Å². The summed E-state index contributed by atoms with van der Waals surface area (Å²) >= 11 is 5.93. The van der Waals surface area contributed by atoms with E-state index in [2.05, 4.69) is 15.3 Å². The highest BCUT2D eigenvalue weighted by atomic mass is 35.5. The van der Waals surface area contributed by atoms with Crippen molar-refractivity contribution in [1.29, 1.82) is 0 Å². The van der Waals surface area contributed by atoms with Gasteiger partial charge in [0.1, 0.15) is 10.8 Å². The number of hydrogen-bond acceptors (Lipinski definition) is 4. The fourth-order valence-corrected chi connectivity index (χ4v) is 2.01. The van der Waals surface area contributed by atoms with Crippen molar-refractivity contribution < 1.29 is 4.74 Å².